The standard InChI is InChI=1S/C24H21FN4O3/c1-15-10-16(2)12-19(11-15)27-21(30)14-28-20-4-3-9-26-22(20)23(31)29(24(28)32)13-17-5-7-18(25)8-6-17/h3-12H,13-14H2,1-2H3,(H,27,30). The number of anilines is 1. The summed E-state index contributed by atoms with van der Waals surface area (Å²) in [4.78, 5) is 43.1. The van der Waals surface area contributed by atoms with Crippen LogP contribution in [-0.2, 0) is 17.9 Å². The predicted molar refractivity (Wildman–Crippen MR) is 120 cm³/mol. The number of aromatic nitrogens is 3. The molecular formula is C24H21FN4O3. The number of benzene rings is 2. The van der Waals surface area contributed by atoms with Gasteiger partial charge in [0.2, 0.25) is 5.91 Å². The lowest BCUT2D eigenvalue weighted by molar-refractivity contribution is -0.116. The SMILES string of the molecule is Cc1cc(C)cc(NC(=O)Cn2c(=O)n(Cc3ccc(F)cc3)c(=O)c3ncccc32)c1. The van der Waals surface area contributed by atoms with Crippen LogP contribution >= 0.6 is 0 Å². The van der Waals surface area contributed by atoms with Crippen molar-refractivity contribution in [1.29, 1.82) is 0 Å². The van der Waals surface area contributed by atoms with E-state index in [4.69, 9.17) is 0 Å². The Morgan fingerprint density at radius 3 is 2.38 bits per heavy atom. The van der Waals surface area contributed by atoms with Crippen molar-refractivity contribution in [3.63, 3.8) is 0 Å². The third kappa shape index (κ3) is 4.34. The molecule has 1 N–H and O–H groups in total. The van der Waals surface area contributed by atoms with Crippen molar-refractivity contribution in [3.05, 3.63) is 104 Å². The van der Waals surface area contributed by atoms with Gasteiger partial charge in [0.25, 0.3) is 5.56 Å². The van der Waals surface area contributed by atoms with Crippen molar-refractivity contribution in [3.8, 4) is 0 Å². The fraction of sp³-hybridized carbons (Fsp3) is 0.167. The van der Waals surface area contributed by atoms with Crippen LogP contribution < -0.4 is 16.6 Å². The number of hydrogen-bond donors (Lipinski definition) is 1. The Bertz CT molecular complexity index is 1420. The summed E-state index contributed by atoms with van der Waals surface area (Å²) in [5.41, 5.74) is 2.34. The molecule has 7 nitrogen and oxygen atoms in total. The maximum atomic E-state index is 13.2. The number of aryl methyl sites for hydroxylation is 2. The van der Waals surface area contributed by atoms with Gasteiger partial charge < -0.3 is 5.32 Å². The van der Waals surface area contributed by atoms with E-state index < -0.39 is 23.0 Å². The molecule has 0 aliphatic rings. The van der Waals surface area contributed by atoms with Gasteiger partial charge in [-0.25, -0.2) is 14.2 Å². The largest absolute Gasteiger partial charge is 0.332 e. The first-order chi connectivity index (χ1) is 15.3. The van der Waals surface area contributed by atoms with Crippen LogP contribution in [0.2, 0.25) is 0 Å². The lowest BCUT2D eigenvalue weighted by atomic mass is 10.1. The maximum absolute atomic E-state index is 13.2. The summed E-state index contributed by atoms with van der Waals surface area (Å²) in [6.07, 6.45) is 1.45. The number of amides is 1. The van der Waals surface area contributed by atoms with Gasteiger partial charge in [-0.05, 0) is 66.9 Å². The van der Waals surface area contributed by atoms with Crippen molar-refractivity contribution in [2.75, 3.05) is 5.32 Å². The minimum atomic E-state index is -0.643. The molecule has 4 aromatic rings. The van der Waals surface area contributed by atoms with Gasteiger partial charge in [-0.3, -0.25) is 18.7 Å². The van der Waals surface area contributed by atoms with Crippen LogP contribution in [0, 0.1) is 19.7 Å². The zero-order valence-corrected chi connectivity index (χ0v) is 17.6. The second-order valence-corrected chi connectivity index (χ2v) is 7.68. The number of fused-ring (bicyclic) bond motifs is 1. The lowest BCUT2D eigenvalue weighted by Gasteiger charge is -2.14. The summed E-state index contributed by atoms with van der Waals surface area (Å²) in [5, 5.41) is 2.81. The van der Waals surface area contributed by atoms with Crippen LogP contribution in [0.3, 0.4) is 0 Å². The first kappa shape index (κ1) is 21.2. The molecule has 0 spiro atoms. The van der Waals surface area contributed by atoms with Gasteiger partial charge >= 0.3 is 5.69 Å². The molecular weight excluding hydrogens is 411 g/mol. The summed E-state index contributed by atoms with van der Waals surface area (Å²) in [7, 11) is 0. The lowest BCUT2D eigenvalue weighted by Crippen LogP contribution is -2.42. The van der Waals surface area contributed by atoms with Crippen LogP contribution in [0.25, 0.3) is 11.0 Å². The minimum absolute atomic E-state index is 0.0663. The number of rotatable bonds is 5. The molecule has 2 heterocycles. The average Bonchev–Trinajstić information content (AvgIpc) is 2.75. The highest BCUT2D eigenvalue weighted by molar-refractivity contribution is 5.91. The van der Waals surface area contributed by atoms with Crippen LogP contribution in [0.15, 0.2) is 70.4 Å². The Balaban J connectivity index is 1.74. The van der Waals surface area contributed by atoms with Crippen LogP contribution in [-0.4, -0.2) is 20.0 Å². The van der Waals surface area contributed by atoms with Crippen LogP contribution in [0.1, 0.15) is 16.7 Å². The molecule has 1 amide bonds. The Hall–Kier alpha value is -4.07. The molecule has 0 saturated carbocycles. The molecule has 0 fully saturated rings. The molecule has 0 atom stereocenters. The van der Waals surface area contributed by atoms with E-state index in [9.17, 15) is 18.8 Å². The smallest absolute Gasteiger partial charge is 0.325 e. The molecule has 0 unspecified atom stereocenters. The Morgan fingerprint density at radius 2 is 1.69 bits per heavy atom. The number of carbonyl (C=O) groups is 1. The zero-order chi connectivity index (χ0) is 22.8. The van der Waals surface area contributed by atoms with Crippen LogP contribution in [0.5, 0.6) is 0 Å². The van der Waals surface area contributed by atoms with Gasteiger partial charge in [-0.15, -0.1) is 0 Å². The van der Waals surface area contributed by atoms with Crippen molar-refractivity contribution in [2.24, 2.45) is 0 Å². The molecule has 2 aromatic carbocycles. The van der Waals surface area contributed by atoms with Gasteiger partial charge in [0.05, 0.1) is 12.1 Å². The van der Waals surface area contributed by atoms with Gasteiger partial charge in [0, 0.05) is 11.9 Å². The fourth-order valence-corrected chi connectivity index (χ4v) is 3.70. The van der Waals surface area contributed by atoms with E-state index in [2.05, 4.69) is 10.3 Å². The molecule has 162 valence electrons. The molecule has 0 saturated heterocycles. The number of carbonyl (C=O) groups excluding carboxylic acids is 1. The quantitative estimate of drug-likeness (QED) is 0.525. The summed E-state index contributed by atoms with van der Waals surface area (Å²) < 4.78 is 15.5. The molecule has 0 aliphatic heterocycles. The summed E-state index contributed by atoms with van der Waals surface area (Å²) in [6, 6.07) is 14.4. The van der Waals surface area contributed by atoms with Gasteiger partial charge in [-0.1, -0.05) is 18.2 Å². The molecule has 0 radical (unpaired) electrons. The third-order valence-electron chi connectivity index (χ3n) is 5.05. The van der Waals surface area contributed by atoms with E-state index in [0.29, 0.717) is 11.3 Å². The van der Waals surface area contributed by atoms with E-state index in [-0.39, 0.29) is 24.1 Å². The second-order valence-electron chi connectivity index (χ2n) is 7.68. The first-order valence-electron chi connectivity index (χ1n) is 10.0. The topological polar surface area (TPSA) is 86.0 Å². The molecule has 2 aromatic heterocycles. The zero-order valence-electron chi connectivity index (χ0n) is 17.6. The van der Waals surface area contributed by atoms with E-state index in [1.165, 1.54) is 35.0 Å². The summed E-state index contributed by atoms with van der Waals surface area (Å²) in [5.74, 6) is -0.823. The van der Waals surface area contributed by atoms with Crippen molar-refractivity contribution in [2.45, 2.75) is 26.9 Å². The fourth-order valence-electron chi connectivity index (χ4n) is 3.70. The number of pyridine rings is 1. The van der Waals surface area contributed by atoms with Crippen molar-refractivity contribution >= 4 is 22.6 Å². The monoisotopic (exact) mass is 432 g/mol. The van der Waals surface area contributed by atoms with Gasteiger partial charge in [-0.2, -0.15) is 0 Å². The molecule has 0 bridgehead atoms. The van der Waals surface area contributed by atoms with E-state index >= 15 is 0 Å². The van der Waals surface area contributed by atoms with Gasteiger partial charge in [0.15, 0.2) is 5.52 Å². The van der Waals surface area contributed by atoms with Crippen LogP contribution in [0.4, 0.5) is 10.1 Å². The Kier molecular flexibility index (Phi) is 5.68. The average molecular weight is 432 g/mol. The Labute approximate surface area is 182 Å². The number of nitrogens with zero attached hydrogens (tertiary/aromatic N) is 3. The summed E-state index contributed by atoms with van der Waals surface area (Å²) >= 11 is 0. The molecule has 0 aliphatic carbocycles. The summed E-state index contributed by atoms with van der Waals surface area (Å²) in [6.45, 7) is 3.50. The maximum Gasteiger partial charge on any atom is 0.332 e. The molecule has 8 heteroatoms. The number of halogens is 1. The third-order valence-corrected chi connectivity index (χ3v) is 5.05. The predicted octanol–water partition coefficient (Wildman–Crippen LogP) is 3.00. The van der Waals surface area contributed by atoms with Crippen molar-refractivity contribution < 1.29 is 9.18 Å². The number of nitrogens with one attached hydrogen (secondary N) is 1. The van der Waals surface area contributed by atoms with E-state index in [1.807, 2.05) is 32.0 Å². The van der Waals surface area contributed by atoms with E-state index in [0.717, 1.165) is 15.7 Å². The first-order valence-corrected chi connectivity index (χ1v) is 10.0. The number of hydrogen-bond acceptors (Lipinski definition) is 4. The highest BCUT2D eigenvalue weighted by Crippen LogP contribution is 2.14. The van der Waals surface area contributed by atoms with Crippen molar-refractivity contribution in [1.82, 2.24) is 14.1 Å². The highest BCUT2D eigenvalue weighted by atomic mass is 19.1. The second kappa shape index (κ2) is 8.58. The van der Waals surface area contributed by atoms with Gasteiger partial charge in [0.1, 0.15) is 12.4 Å². The molecule has 4 rings (SSSR count). The van der Waals surface area contributed by atoms with E-state index in [1.54, 1.807) is 12.1 Å². The normalized spacial score (nSPS) is 11.0. The Morgan fingerprint density at radius 1 is 1.00 bits per heavy atom. The highest BCUT2D eigenvalue weighted by Gasteiger charge is 2.17. The molecule has 32 heavy (non-hydrogen) atoms. The minimum Gasteiger partial charge on any atom is -0.325 e.